The van der Waals surface area contributed by atoms with Crippen LogP contribution < -0.4 is 20.7 Å². The molecular weight excluding hydrogens is 495 g/mol. The zero-order valence-electron chi connectivity index (χ0n) is 19.1. The summed E-state index contributed by atoms with van der Waals surface area (Å²) >= 11 is 0. The SMILES string of the molecule is CN=C(NCC(=O)NC(C)(C)C)NCC1(c2cc(C)ccc2OC)CCOCC1.I. The van der Waals surface area contributed by atoms with Crippen LogP contribution in [0, 0.1) is 6.92 Å². The van der Waals surface area contributed by atoms with Gasteiger partial charge in [0.25, 0.3) is 0 Å². The first-order valence-electron chi connectivity index (χ1n) is 10.2. The van der Waals surface area contributed by atoms with E-state index in [9.17, 15) is 4.79 Å². The highest BCUT2D eigenvalue weighted by atomic mass is 127. The maximum atomic E-state index is 12.1. The molecule has 1 amide bonds. The minimum atomic E-state index is -0.260. The number of carbonyl (C=O) groups excluding carboxylic acids is 1. The Morgan fingerprint density at radius 3 is 2.47 bits per heavy atom. The number of aryl methyl sites for hydroxylation is 1. The van der Waals surface area contributed by atoms with Crippen molar-refractivity contribution in [2.45, 2.75) is 51.5 Å². The first-order chi connectivity index (χ1) is 13.7. The molecule has 0 unspecified atom stereocenters. The summed E-state index contributed by atoms with van der Waals surface area (Å²) in [5.74, 6) is 1.43. The molecule has 0 bridgehead atoms. The predicted octanol–water partition coefficient (Wildman–Crippen LogP) is 2.75. The van der Waals surface area contributed by atoms with Crippen LogP contribution >= 0.6 is 24.0 Å². The molecule has 0 saturated carbocycles. The van der Waals surface area contributed by atoms with Gasteiger partial charge in [-0.05, 0) is 46.6 Å². The molecule has 1 fully saturated rings. The molecule has 1 aliphatic rings. The Labute approximate surface area is 197 Å². The second-order valence-corrected chi connectivity index (χ2v) is 8.67. The highest BCUT2D eigenvalue weighted by Crippen LogP contribution is 2.40. The van der Waals surface area contributed by atoms with Crippen LogP contribution in [0.3, 0.4) is 0 Å². The Hall–Kier alpha value is -1.55. The third-order valence-electron chi connectivity index (χ3n) is 5.12. The molecule has 8 heteroatoms. The van der Waals surface area contributed by atoms with Gasteiger partial charge >= 0.3 is 0 Å². The van der Waals surface area contributed by atoms with Crippen LogP contribution in [0.4, 0.5) is 0 Å². The first-order valence-corrected chi connectivity index (χ1v) is 10.2. The summed E-state index contributed by atoms with van der Waals surface area (Å²) in [5.41, 5.74) is 2.01. The molecule has 0 radical (unpaired) electrons. The van der Waals surface area contributed by atoms with Crippen molar-refractivity contribution in [2.75, 3.05) is 40.5 Å². The number of halogens is 1. The second kappa shape index (κ2) is 11.7. The summed E-state index contributed by atoms with van der Waals surface area (Å²) in [6.45, 7) is 10.2. The van der Waals surface area contributed by atoms with Gasteiger partial charge in [-0.3, -0.25) is 9.79 Å². The Balaban J connectivity index is 0.00000450. The van der Waals surface area contributed by atoms with Gasteiger partial charge < -0.3 is 25.4 Å². The molecule has 0 aromatic heterocycles. The Morgan fingerprint density at radius 1 is 1.23 bits per heavy atom. The molecule has 1 aromatic carbocycles. The average Bonchev–Trinajstić information content (AvgIpc) is 2.67. The minimum Gasteiger partial charge on any atom is -0.496 e. The summed E-state index contributed by atoms with van der Waals surface area (Å²) < 4.78 is 11.3. The quantitative estimate of drug-likeness (QED) is 0.298. The van der Waals surface area contributed by atoms with Crippen molar-refractivity contribution in [1.82, 2.24) is 16.0 Å². The molecule has 170 valence electrons. The van der Waals surface area contributed by atoms with Gasteiger partial charge in [0.15, 0.2) is 5.96 Å². The molecule has 0 aliphatic carbocycles. The predicted molar refractivity (Wildman–Crippen MR) is 132 cm³/mol. The smallest absolute Gasteiger partial charge is 0.239 e. The van der Waals surface area contributed by atoms with Gasteiger partial charge in [-0.25, -0.2) is 0 Å². The highest BCUT2D eigenvalue weighted by molar-refractivity contribution is 14.0. The van der Waals surface area contributed by atoms with Crippen LogP contribution in [-0.2, 0) is 14.9 Å². The molecular formula is C22H37IN4O3. The van der Waals surface area contributed by atoms with Gasteiger partial charge in [-0.2, -0.15) is 0 Å². The number of carbonyl (C=O) groups is 1. The van der Waals surface area contributed by atoms with Crippen molar-refractivity contribution in [3.05, 3.63) is 29.3 Å². The van der Waals surface area contributed by atoms with Crippen molar-refractivity contribution in [1.29, 1.82) is 0 Å². The fourth-order valence-electron chi connectivity index (χ4n) is 3.64. The fraction of sp³-hybridized carbons (Fsp3) is 0.636. The van der Waals surface area contributed by atoms with Gasteiger partial charge in [-0.15, -0.1) is 24.0 Å². The van der Waals surface area contributed by atoms with Gasteiger partial charge in [0.05, 0.1) is 13.7 Å². The topological polar surface area (TPSA) is 84.0 Å². The lowest BCUT2D eigenvalue weighted by Crippen LogP contribution is -2.51. The van der Waals surface area contributed by atoms with E-state index in [0.717, 1.165) is 18.6 Å². The molecule has 0 spiro atoms. The number of hydrogen-bond donors (Lipinski definition) is 3. The largest absolute Gasteiger partial charge is 0.496 e. The van der Waals surface area contributed by atoms with Gasteiger partial charge in [0.1, 0.15) is 5.75 Å². The number of methoxy groups -OCH3 is 1. The molecule has 30 heavy (non-hydrogen) atoms. The summed E-state index contributed by atoms with van der Waals surface area (Å²) in [6, 6.07) is 6.31. The number of amides is 1. The first kappa shape index (κ1) is 26.5. The number of nitrogens with zero attached hydrogens (tertiary/aromatic N) is 1. The molecule has 2 rings (SSSR count). The maximum Gasteiger partial charge on any atom is 0.239 e. The van der Waals surface area contributed by atoms with E-state index in [4.69, 9.17) is 9.47 Å². The third kappa shape index (κ3) is 7.61. The van der Waals surface area contributed by atoms with Gasteiger partial charge in [-0.1, -0.05) is 17.7 Å². The van der Waals surface area contributed by atoms with Crippen LogP contribution in [0.5, 0.6) is 5.75 Å². The number of hydrogen-bond acceptors (Lipinski definition) is 4. The summed E-state index contributed by atoms with van der Waals surface area (Å²) in [4.78, 5) is 16.4. The second-order valence-electron chi connectivity index (χ2n) is 8.67. The molecule has 1 saturated heterocycles. The van der Waals surface area contributed by atoms with E-state index in [1.807, 2.05) is 26.8 Å². The molecule has 7 nitrogen and oxygen atoms in total. The Morgan fingerprint density at radius 2 is 1.90 bits per heavy atom. The van der Waals surface area contributed by atoms with E-state index < -0.39 is 0 Å². The molecule has 1 aromatic rings. The zero-order chi connectivity index (χ0) is 21.5. The summed E-state index contributed by atoms with van der Waals surface area (Å²) in [6.07, 6.45) is 1.78. The van der Waals surface area contributed by atoms with E-state index >= 15 is 0 Å². The average molecular weight is 532 g/mol. The molecule has 0 atom stereocenters. The van der Waals surface area contributed by atoms with Gasteiger partial charge in [0.2, 0.25) is 5.91 Å². The van der Waals surface area contributed by atoms with Crippen LogP contribution in [0.15, 0.2) is 23.2 Å². The Kier molecular flexibility index (Phi) is 10.4. The van der Waals surface area contributed by atoms with Crippen molar-refractivity contribution < 1.29 is 14.3 Å². The van der Waals surface area contributed by atoms with Crippen LogP contribution in [0.25, 0.3) is 0 Å². The highest BCUT2D eigenvalue weighted by Gasteiger charge is 2.37. The van der Waals surface area contributed by atoms with Crippen LogP contribution in [-0.4, -0.2) is 57.9 Å². The van der Waals surface area contributed by atoms with Crippen LogP contribution in [0.1, 0.15) is 44.7 Å². The minimum absolute atomic E-state index is 0. The van der Waals surface area contributed by atoms with E-state index in [-0.39, 0.29) is 47.4 Å². The summed E-state index contributed by atoms with van der Waals surface area (Å²) in [7, 11) is 3.42. The lowest BCUT2D eigenvalue weighted by Gasteiger charge is -2.39. The monoisotopic (exact) mass is 532 g/mol. The number of benzene rings is 1. The third-order valence-corrected chi connectivity index (χ3v) is 5.12. The van der Waals surface area contributed by atoms with E-state index in [0.29, 0.717) is 25.7 Å². The lowest BCUT2D eigenvalue weighted by molar-refractivity contribution is -0.121. The van der Waals surface area contributed by atoms with Crippen molar-refractivity contribution >= 4 is 35.8 Å². The molecule has 1 heterocycles. The lowest BCUT2D eigenvalue weighted by atomic mass is 9.73. The summed E-state index contributed by atoms with van der Waals surface area (Å²) in [5, 5.41) is 9.46. The van der Waals surface area contributed by atoms with Crippen molar-refractivity contribution in [2.24, 2.45) is 4.99 Å². The van der Waals surface area contributed by atoms with E-state index in [1.54, 1.807) is 14.2 Å². The zero-order valence-corrected chi connectivity index (χ0v) is 21.4. The molecule has 1 aliphatic heterocycles. The molecule has 3 N–H and O–H groups in total. The number of guanidine groups is 1. The fourth-order valence-corrected chi connectivity index (χ4v) is 3.64. The van der Waals surface area contributed by atoms with Crippen molar-refractivity contribution in [3.8, 4) is 5.75 Å². The number of aliphatic imine (C=N–C) groups is 1. The number of ether oxygens (including phenoxy) is 2. The van der Waals surface area contributed by atoms with Gasteiger partial charge in [0, 0.05) is 43.3 Å². The van der Waals surface area contributed by atoms with Crippen molar-refractivity contribution in [3.63, 3.8) is 0 Å². The Bertz CT molecular complexity index is 726. The standard InChI is InChI=1S/C22H36N4O3.HI/c1-16-7-8-18(28-6)17(13-16)22(9-11-29-12-10-22)15-25-20(23-5)24-14-19(27)26-21(2,3)4;/h7-8,13H,9-12,14-15H2,1-6H3,(H,26,27)(H2,23,24,25);1H. The van der Waals surface area contributed by atoms with E-state index in [1.165, 1.54) is 11.1 Å². The number of rotatable bonds is 6. The maximum absolute atomic E-state index is 12.1. The number of nitrogens with one attached hydrogen (secondary N) is 3. The van der Waals surface area contributed by atoms with Crippen LogP contribution in [0.2, 0.25) is 0 Å². The van der Waals surface area contributed by atoms with E-state index in [2.05, 4.69) is 40.0 Å². The normalized spacial score (nSPS) is 16.3.